The van der Waals surface area contributed by atoms with Gasteiger partial charge in [0.1, 0.15) is 5.69 Å². The number of hydrogen-bond donors (Lipinski definition) is 2. The van der Waals surface area contributed by atoms with Crippen LogP contribution in [0.5, 0.6) is 0 Å². The summed E-state index contributed by atoms with van der Waals surface area (Å²) < 4.78 is 44.7. The van der Waals surface area contributed by atoms with Crippen molar-refractivity contribution < 1.29 is 18.0 Å². The Kier molecular flexibility index (Phi) is 4.54. The molecule has 0 aliphatic carbocycles. The van der Waals surface area contributed by atoms with E-state index >= 15 is 0 Å². The molecule has 150 valence electrons. The molecule has 3 N–H and O–H groups in total. The van der Waals surface area contributed by atoms with Crippen LogP contribution in [0.3, 0.4) is 0 Å². The third-order valence-electron chi connectivity index (χ3n) is 4.81. The Bertz CT molecular complexity index is 1220. The largest absolute Gasteiger partial charge is 0.417 e. The highest BCUT2D eigenvalue weighted by Gasteiger charge is 2.35. The first-order valence-corrected chi connectivity index (χ1v) is 8.92. The summed E-state index contributed by atoms with van der Waals surface area (Å²) in [6.45, 7) is 0.597. The van der Waals surface area contributed by atoms with Crippen LogP contribution < -0.4 is 11.1 Å². The molecule has 0 unspecified atom stereocenters. The third-order valence-corrected chi connectivity index (χ3v) is 4.81. The maximum atomic E-state index is 13.9. The van der Waals surface area contributed by atoms with Crippen LogP contribution in [0.15, 0.2) is 48.9 Å². The molecular weight excluding hydrogens is 383 g/mol. The molecule has 3 aromatic heterocycles. The summed E-state index contributed by atoms with van der Waals surface area (Å²) in [5.74, 6) is -0.344. The number of nitrogens with two attached hydrogens (primary N) is 1. The second kappa shape index (κ2) is 6.93. The fraction of sp³-hybridized carbons (Fsp3) is 0.200. The molecule has 0 aliphatic rings. The summed E-state index contributed by atoms with van der Waals surface area (Å²) in [4.78, 5) is 16.5. The molecule has 0 saturated carbocycles. The molecule has 4 aromatic rings. The van der Waals surface area contributed by atoms with Crippen LogP contribution in [-0.2, 0) is 13.2 Å². The number of aromatic nitrogens is 3. The standard InChI is InChI=1S/C20H18F3N5O/c1-27-11-26-15-9-13(14(10-18(15)27)20(21,22)23)12-3-2-8-28-16(12)4-5-17(28)19(29)25-7-6-24/h2-5,8-11H,6-7,24H2,1H3,(H,25,29). The lowest BCUT2D eigenvalue weighted by molar-refractivity contribution is -0.137. The van der Waals surface area contributed by atoms with Gasteiger partial charge in [0.05, 0.1) is 28.4 Å². The number of halogens is 3. The lowest BCUT2D eigenvalue weighted by atomic mass is 9.98. The normalized spacial score (nSPS) is 12.0. The predicted octanol–water partition coefficient (Wildman–Crippen LogP) is 3.20. The van der Waals surface area contributed by atoms with Crippen LogP contribution in [0.25, 0.3) is 27.7 Å². The van der Waals surface area contributed by atoms with Crippen molar-refractivity contribution in [3.63, 3.8) is 0 Å². The van der Waals surface area contributed by atoms with Gasteiger partial charge in [-0.05, 0) is 35.9 Å². The van der Waals surface area contributed by atoms with Crippen molar-refractivity contribution in [2.24, 2.45) is 12.8 Å². The highest BCUT2D eigenvalue weighted by atomic mass is 19.4. The first kappa shape index (κ1) is 19.0. The van der Waals surface area contributed by atoms with Crippen molar-refractivity contribution in [2.75, 3.05) is 13.1 Å². The molecule has 0 fully saturated rings. The van der Waals surface area contributed by atoms with Gasteiger partial charge >= 0.3 is 6.18 Å². The molecule has 1 aromatic carbocycles. The number of alkyl halides is 3. The Morgan fingerprint density at radius 2 is 1.97 bits per heavy atom. The summed E-state index contributed by atoms with van der Waals surface area (Å²) in [5.41, 5.74) is 6.71. The van der Waals surface area contributed by atoms with Crippen molar-refractivity contribution in [2.45, 2.75) is 6.18 Å². The van der Waals surface area contributed by atoms with E-state index in [0.29, 0.717) is 40.9 Å². The maximum absolute atomic E-state index is 13.9. The van der Waals surface area contributed by atoms with Gasteiger partial charge in [-0.25, -0.2) is 4.98 Å². The zero-order valence-corrected chi connectivity index (χ0v) is 15.5. The van der Waals surface area contributed by atoms with Gasteiger partial charge in [0.2, 0.25) is 0 Å². The van der Waals surface area contributed by atoms with Gasteiger partial charge in [-0.1, -0.05) is 6.07 Å². The first-order chi connectivity index (χ1) is 13.8. The van der Waals surface area contributed by atoms with E-state index in [0.717, 1.165) is 6.07 Å². The van der Waals surface area contributed by atoms with Crippen LogP contribution in [0, 0.1) is 0 Å². The van der Waals surface area contributed by atoms with E-state index in [1.54, 1.807) is 46.5 Å². The maximum Gasteiger partial charge on any atom is 0.417 e. The van der Waals surface area contributed by atoms with Crippen LogP contribution in [-0.4, -0.2) is 32.9 Å². The predicted molar refractivity (Wildman–Crippen MR) is 103 cm³/mol. The number of nitrogens with zero attached hydrogens (tertiary/aromatic N) is 3. The highest BCUT2D eigenvalue weighted by molar-refractivity contribution is 5.96. The molecule has 0 bridgehead atoms. The van der Waals surface area contributed by atoms with E-state index < -0.39 is 11.7 Å². The topological polar surface area (TPSA) is 77.3 Å². The zero-order chi connectivity index (χ0) is 20.8. The quantitative estimate of drug-likeness (QED) is 0.551. The summed E-state index contributed by atoms with van der Waals surface area (Å²) in [7, 11) is 1.65. The number of aryl methyl sites for hydroxylation is 1. The Labute approximate surface area is 163 Å². The minimum atomic E-state index is -4.55. The van der Waals surface area contributed by atoms with Gasteiger partial charge in [0, 0.05) is 31.9 Å². The van der Waals surface area contributed by atoms with Crippen molar-refractivity contribution in [1.29, 1.82) is 0 Å². The lowest BCUT2D eigenvalue weighted by Gasteiger charge is -2.15. The van der Waals surface area contributed by atoms with E-state index in [1.807, 2.05) is 0 Å². The molecule has 0 saturated heterocycles. The fourth-order valence-electron chi connectivity index (χ4n) is 3.46. The number of fused-ring (bicyclic) bond motifs is 2. The second-order valence-corrected chi connectivity index (χ2v) is 6.68. The van der Waals surface area contributed by atoms with Gasteiger partial charge < -0.3 is 20.0 Å². The molecule has 6 nitrogen and oxygen atoms in total. The highest BCUT2D eigenvalue weighted by Crippen LogP contribution is 2.40. The molecule has 0 spiro atoms. The van der Waals surface area contributed by atoms with Crippen molar-refractivity contribution >= 4 is 22.5 Å². The number of hydrogen-bond acceptors (Lipinski definition) is 3. The fourth-order valence-corrected chi connectivity index (χ4v) is 3.46. The minimum absolute atomic E-state index is 0.0151. The summed E-state index contributed by atoms with van der Waals surface area (Å²) >= 11 is 0. The van der Waals surface area contributed by atoms with Crippen molar-refractivity contribution in [3.05, 3.63) is 60.2 Å². The lowest BCUT2D eigenvalue weighted by Crippen LogP contribution is -2.29. The van der Waals surface area contributed by atoms with Crippen LogP contribution >= 0.6 is 0 Å². The van der Waals surface area contributed by atoms with Crippen molar-refractivity contribution in [3.8, 4) is 11.1 Å². The summed E-state index contributed by atoms with van der Waals surface area (Å²) in [6.07, 6.45) is -1.43. The molecule has 29 heavy (non-hydrogen) atoms. The number of carbonyl (C=O) groups is 1. The van der Waals surface area contributed by atoms with E-state index in [1.165, 1.54) is 12.4 Å². The Morgan fingerprint density at radius 1 is 1.17 bits per heavy atom. The first-order valence-electron chi connectivity index (χ1n) is 8.92. The van der Waals surface area contributed by atoms with Crippen molar-refractivity contribution in [1.82, 2.24) is 19.3 Å². The molecule has 4 rings (SSSR count). The summed E-state index contributed by atoms with van der Waals surface area (Å²) in [6, 6.07) is 8.99. The zero-order valence-electron chi connectivity index (χ0n) is 15.5. The smallest absolute Gasteiger partial charge is 0.349 e. The molecular formula is C20H18F3N5O. The SMILES string of the molecule is Cn1cnc2cc(-c3cccn4c(C(=O)NCCN)ccc34)c(C(F)(F)F)cc21. The minimum Gasteiger partial charge on any atom is -0.349 e. The molecule has 0 radical (unpaired) electrons. The van der Waals surface area contributed by atoms with Crippen LogP contribution in [0.2, 0.25) is 0 Å². The monoisotopic (exact) mass is 401 g/mol. The van der Waals surface area contributed by atoms with E-state index in [9.17, 15) is 18.0 Å². The van der Waals surface area contributed by atoms with Gasteiger partial charge in [-0.3, -0.25) is 4.79 Å². The number of imidazole rings is 1. The average molecular weight is 401 g/mol. The number of rotatable bonds is 4. The van der Waals surface area contributed by atoms with Crippen LogP contribution in [0.1, 0.15) is 16.1 Å². The molecule has 1 amide bonds. The molecule has 9 heteroatoms. The van der Waals surface area contributed by atoms with Gasteiger partial charge in [0.25, 0.3) is 5.91 Å². The second-order valence-electron chi connectivity index (χ2n) is 6.68. The Morgan fingerprint density at radius 3 is 2.69 bits per heavy atom. The third kappa shape index (κ3) is 3.23. The number of benzene rings is 1. The van der Waals surface area contributed by atoms with Crippen LogP contribution in [0.4, 0.5) is 13.2 Å². The van der Waals surface area contributed by atoms with E-state index in [2.05, 4.69) is 10.3 Å². The number of nitrogens with one attached hydrogen (secondary N) is 1. The van der Waals surface area contributed by atoms with Gasteiger partial charge in [0.15, 0.2) is 0 Å². The van der Waals surface area contributed by atoms with E-state index in [-0.39, 0.29) is 11.5 Å². The summed E-state index contributed by atoms with van der Waals surface area (Å²) in [5, 5.41) is 2.67. The molecule has 0 aliphatic heterocycles. The Balaban J connectivity index is 1.94. The Hall–Kier alpha value is -3.33. The molecule has 3 heterocycles. The number of carbonyl (C=O) groups excluding carboxylic acids is 1. The van der Waals surface area contributed by atoms with Gasteiger partial charge in [-0.15, -0.1) is 0 Å². The van der Waals surface area contributed by atoms with E-state index in [4.69, 9.17) is 5.73 Å². The number of amides is 1. The number of pyridine rings is 1. The average Bonchev–Trinajstić information content (AvgIpc) is 3.28. The van der Waals surface area contributed by atoms with Gasteiger partial charge in [-0.2, -0.15) is 13.2 Å². The molecule has 0 atom stereocenters.